The van der Waals surface area contributed by atoms with E-state index in [1.165, 1.54) is 16.0 Å². The van der Waals surface area contributed by atoms with Crippen molar-refractivity contribution in [2.24, 2.45) is 7.05 Å². The van der Waals surface area contributed by atoms with Crippen molar-refractivity contribution >= 4 is 50.8 Å². The lowest BCUT2D eigenvalue weighted by molar-refractivity contribution is 0.0697. The van der Waals surface area contributed by atoms with Gasteiger partial charge in [0.1, 0.15) is 10.7 Å². The fourth-order valence-corrected chi connectivity index (χ4v) is 4.70. The summed E-state index contributed by atoms with van der Waals surface area (Å²) < 4.78 is 2.22. The van der Waals surface area contributed by atoms with Crippen LogP contribution in [0.5, 0.6) is 0 Å². The molecule has 1 amide bonds. The van der Waals surface area contributed by atoms with Crippen LogP contribution in [0.2, 0.25) is 0 Å². The Kier molecular flexibility index (Phi) is 4.22. The Morgan fingerprint density at radius 2 is 2.14 bits per heavy atom. The van der Waals surface area contributed by atoms with Crippen molar-refractivity contribution in [1.82, 2.24) is 9.78 Å². The van der Waals surface area contributed by atoms with Gasteiger partial charge < -0.3 is 10.4 Å². The number of carboxylic acid groups (broad SMARTS) is 1. The van der Waals surface area contributed by atoms with Gasteiger partial charge in [0.05, 0.1) is 15.3 Å². The SMILES string of the molecule is Cn1ncc(I)c1C(=O)Nc1sc2c(c1C(=O)O)CCCC2. The molecule has 0 saturated heterocycles. The van der Waals surface area contributed by atoms with E-state index in [0.717, 1.165) is 39.7 Å². The van der Waals surface area contributed by atoms with Gasteiger partial charge in [-0.15, -0.1) is 11.3 Å². The van der Waals surface area contributed by atoms with Crippen molar-refractivity contribution in [3.05, 3.63) is 31.5 Å². The van der Waals surface area contributed by atoms with Crippen LogP contribution in [0.4, 0.5) is 5.00 Å². The molecule has 2 aromatic heterocycles. The zero-order valence-electron chi connectivity index (χ0n) is 11.9. The number of nitrogens with one attached hydrogen (secondary N) is 1. The number of halogens is 1. The molecule has 0 unspecified atom stereocenters. The number of thiophene rings is 1. The number of carbonyl (C=O) groups excluding carboxylic acids is 1. The molecule has 6 nitrogen and oxygen atoms in total. The second-order valence-corrected chi connectivity index (χ2v) is 7.41. The topological polar surface area (TPSA) is 84.2 Å². The van der Waals surface area contributed by atoms with E-state index in [1.807, 2.05) is 22.6 Å². The van der Waals surface area contributed by atoms with Gasteiger partial charge in [-0.1, -0.05) is 0 Å². The predicted octanol–water partition coefficient (Wildman–Crippen LogP) is 2.92. The number of aryl methyl sites for hydroxylation is 2. The molecule has 2 heterocycles. The standard InChI is InChI=1S/C14H14IN3O3S/c1-18-11(8(15)6-16-18)12(19)17-13-10(14(20)21)7-4-2-3-5-9(7)22-13/h6H,2-5H2,1H3,(H,17,19)(H,20,21). The van der Waals surface area contributed by atoms with Gasteiger partial charge in [0.25, 0.3) is 5.91 Å². The molecule has 8 heteroatoms. The number of nitrogens with zero attached hydrogens (tertiary/aromatic N) is 2. The van der Waals surface area contributed by atoms with Gasteiger partial charge in [0.2, 0.25) is 0 Å². The van der Waals surface area contributed by atoms with E-state index >= 15 is 0 Å². The molecule has 0 bridgehead atoms. The average Bonchev–Trinajstić information content (AvgIpc) is 2.98. The van der Waals surface area contributed by atoms with Crippen molar-refractivity contribution in [2.75, 3.05) is 5.32 Å². The molecule has 0 atom stereocenters. The fraction of sp³-hybridized carbons (Fsp3) is 0.357. The lowest BCUT2D eigenvalue weighted by Gasteiger charge is -2.10. The minimum Gasteiger partial charge on any atom is -0.478 e. The summed E-state index contributed by atoms with van der Waals surface area (Å²) in [6.45, 7) is 0. The van der Waals surface area contributed by atoms with Crippen molar-refractivity contribution in [1.29, 1.82) is 0 Å². The van der Waals surface area contributed by atoms with Crippen LogP contribution in [-0.2, 0) is 19.9 Å². The van der Waals surface area contributed by atoms with E-state index in [0.29, 0.717) is 10.7 Å². The van der Waals surface area contributed by atoms with Gasteiger partial charge >= 0.3 is 5.97 Å². The van der Waals surface area contributed by atoms with Crippen LogP contribution < -0.4 is 5.32 Å². The number of aromatic nitrogens is 2. The number of hydrogen-bond acceptors (Lipinski definition) is 4. The average molecular weight is 431 g/mol. The summed E-state index contributed by atoms with van der Waals surface area (Å²) in [5.74, 6) is -1.31. The lowest BCUT2D eigenvalue weighted by atomic mass is 9.95. The van der Waals surface area contributed by atoms with Gasteiger partial charge in [-0.05, 0) is 53.8 Å². The first kappa shape index (κ1) is 15.5. The van der Waals surface area contributed by atoms with Crippen LogP contribution in [0, 0.1) is 3.57 Å². The monoisotopic (exact) mass is 431 g/mol. The summed E-state index contributed by atoms with van der Waals surface area (Å²) in [5.41, 5.74) is 1.58. The molecule has 2 aromatic rings. The summed E-state index contributed by atoms with van der Waals surface area (Å²) in [6, 6.07) is 0. The number of rotatable bonds is 3. The maximum atomic E-state index is 12.4. The Balaban J connectivity index is 1.97. The molecule has 0 aromatic carbocycles. The second-order valence-electron chi connectivity index (χ2n) is 5.14. The van der Waals surface area contributed by atoms with Crippen molar-refractivity contribution in [3.8, 4) is 0 Å². The normalized spacial score (nSPS) is 13.7. The van der Waals surface area contributed by atoms with Gasteiger partial charge in [-0.25, -0.2) is 4.79 Å². The van der Waals surface area contributed by atoms with Crippen LogP contribution in [0.15, 0.2) is 6.20 Å². The van der Waals surface area contributed by atoms with E-state index in [-0.39, 0.29) is 11.5 Å². The highest BCUT2D eigenvalue weighted by Gasteiger charge is 2.27. The van der Waals surface area contributed by atoms with Crippen LogP contribution >= 0.6 is 33.9 Å². The minimum atomic E-state index is -0.977. The largest absolute Gasteiger partial charge is 0.478 e. The Bertz CT molecular complexity index is 746. The molecule has 0 spiro atoms. The second kappa shape index (κ2) is 5.99. The zero-order chi connectivity index (χ0) is 15.9. The number of fused-ring (bicyclic) bond motifs is 1. The highest BCUT2D eigenvalue weighted by Crippen LogP contribution is 2.38. The molecule has 116 valence electrons. The number of hydrogen-bond donors (Lipinski definition) is 2. The molecule has 2 N–H and O–H groups in total. The maximum Gasteiger partial charge on any atom is 0.339 e. The minimum absolute atomic E-state index is 0.255. The maximum absolute atomic E-state index is 12.4. The summed E-state index contributed by atoms with van der Waals surface area (Å²) >= 11 is 3.42. The van der Waals surface area contributed by atoms with Gasteiger partial charge in [0.15, 0.2) is 0 Å². The van der Waals surface area contributed by atoms with Crippen LogP contribution in [0.3, 0.4) is 0 Å². The van der Waals surface area contributed by atoms with Crippen molar-refractivity contribution in [3.63, 3.8) is 0 Å². The first-order chi connectivity index (χ1) is 10.5. The highest BCUT2D eigenvalue weighted by molar-refractivity contribution is 14.1. The number of anilines is 1. The predicted molar refractivity (Wildman–Crippen MR) is 91.8 cm³/mol. The highest BCUT2D eigenvalue weighted by atomic mass is 127. The molecule has 0 saturated carbocycles. The third-order valence-corrected chi connectivity index (χ3v) is 5.72. The van der Waals surface area contributed by atoms with E-state index in [4.69, 9.17) is 0 Å². The first-order valence-electron chi connectivity index (χ1n) is 6.85. The number of carbonyl (C=O) groups is 2. The number of aromatic carboxylic acids is 1. The molecular weight excluding hydrogens is 417 g/mol. The van der Waals surface area contributed by atoms with Crippen LogP contribution in [0.25, 0.3) is 0 Å². The molecule has 0 aliphatic heterocycles. The van der Waals surface area contributed by atoms with E-state index in [9.17, 15) is 14.7 Å². The van der Waals surface area contributed by atoms with E-state index in [1.54, 1.807) is 13.2 Å². The summed E-state index contributed by atoms with van der Waals surface area (Å²) in [5, 5.41) is 16.7. The van der Waals surface area contributed by atoms with Gasteiger partial charge in [-0.3, -0.25) is 9.48 Å². The Hall–Kier alpha value is -1.42. The van der Waals surface area contributed by atoms with Crippen molar-refractivity contribution in [2.45, 2.75) is 25.7 Å². The molecular formula is C14H14IN3O3S. The van der Waals surface area contributed by atoms with E-state index < -0.39 is 5.97 Å². The quantitative estimate of drug-likeness (QED) is 0.733. The zero-order valence-corrected chi connectivity index (χ0v) is 14.8. The fourth-order valence-electron chi connectivity index (χ4n) is 2.71. The number of amides is 1. The van der Waals surface area contributed by atoms with Crippen LogP contribution in [0.1, 0.15) is 44.1 Å². The molecule has 0 fully saturated rings. The van der Waals surface area contributed by atoms with E-state index in [2.05, 4.69) is 10.4 Å². The van der Waals surface area contributed by atoms with Gasteiger partial charge in [-0.2, -0.15) is 5.10 Å². The third kappa shape index (κ3) is 2.65. The molecule has 0 radical (unpaired) electrons. The van der Waals surface area contributed by atoms with Crippen molar-refractivity contribution < 1.29 is 14.7 Å². The smallest absolute Gasteiger partial charge is 0.339 e. The molecule has 22 heavy (non-hydrogen) atoms. The third-order valence-electron chi connectivity index (χ3n) is 3.72. The Labute approximate surface area is 144 Å². The summed E-state index contributed by atoms with van der Waals surface area (Å²) in [4.78, 5) is 25.1. The lowest BCUT2D eigenvalue weighted by Crippen LogP contribution is -2.18. The Morgan fingerprint density at radius 1 is 1.41 bits per heavy atom. The first-order valence-corrected chi connectivity index (χ1v) is 8.75. The Morgan fingerprint density at radius 3 is 2.77 bits per heavy atom. The number of carboxylic acids is 1. The van der Waals surface area contributed by atoms with Crippen LogP contribution in [-0.4, -0.2) is 26.8 Å². The summed E-state index contributed by atoms with van der Waals surface area (Å²) in [7, 11) is 1.69. The molecule has 3 rings (SSSR count). The van der Waals surface area contributed by atoms with Gasteiger partial charge in [0, 0.05) is 11.9 Å². The summed E-state index contributed by atoms with van der Waals surface area (Å²) in [6.07, 6.45) is 5.33. The molecule has 1 aliphatic rings. The molecule has 1 aliphatic carbocycles.